The van der Waals surface area contributed by atoms with Crippen molar-refractivity contribution in [1.82, 2.24) is 0 Å². The van der Waals surface area contributed by atoms with Crippen LogP contribution in [0.1, 0.15) is 32.8 Å². The second kappa shape index (κ2) is 5.11. The number of allylic oxidation sites excluding steroid dienone is 1. The zero-order chi connectivity index (χ0) is 16.8. The highest BCUT2D eigenvalue weighted by Crippen LogP contribution is 2.54. The zero-order valence-electron chi connectivity index (χ0n) is 13.9. The van der Waals surface area contributed by atoms with Gasteiger partial charge in [-0.25, -0.2) is 4.79 Å². The maximum absolute atomic E-state index is 12.3. The van der Waals surface area contributed by atoms with Crippen LogP contribution in [0.5, 0.6) is 0 Å². The van der Waals surface area contributed by atoms with E-state index in [4.69, 9.17) is 9.47 Å². The molecule has 5 nitrogen and oxygen atoms in total. The van der Waals surface area contributed by atoms with Crippen LogP contribution in [0.3, 0.4) is 0 Å². The Balaban J connectivity index is 2.08. The van der Waals surface area contributed by atoms with Gasteiger partial charge in [0.15, 0.2) is 11.5 Å². The molecule has 0 fully saturated rings. The molecule has 0 saturated carbocycles. The Morgan fingerprint density at radius 2 is 2.04 bits per heavy atom. The third-order valence-corrected chi connectivity index (χ3v) is 4.92. The second-order valence-corrected chi connectivity index (χ2v) is 6.46. The van der Waals surface area contributed by atoms with Gasteiger partial charge < -0.3 is 14.4 Å². The molecule has 5 heteroatoms. The Morgan fingerprint density at radius 1 is 1.35 bits per heavy atom. The van der Waals surface area contributed by atoms with Gasteiger partial charge in [0.1, 0.15) is 0 Å². The summed E-state index contributed by atoms with van der Waals surface area (Å²) in [6, 6.07) is 7.97. The second-order valence-electron chi connectivity index (χ2n) is 6.46. The molecule has 3 rings (SSSR count). The van der Waals surface area contributed by atoms with E-state index in [1.807, 2.05) is 50.1 Å². The van der Waals surface area contributed by atoms with Crippen molar-refractivity contribution in [2.75, 3.05) is 18.6 Å². The number of carbonyl (C=O) groups is 2. The van der Waals surface area contributed by atoms with Gasteiger partial charge in [0, 0.05) is 18.8 Å². The molecule has 122 valence electrons. The van der Waals surface area contributed by atoms with Crippen LogP contribution in [-0.4, -0.2) is 31.1 Å². The van der Waals surface area contributed by atoms with Crippen LogP contribution in [0.25, 0.3) is 0 Å². The average molecular weight is 315 g/mol. The molecule has 0 amide bonds. The number of rotatable bonds is 2. The summed E-state index contributed by atoms with van der Waals surface area (Å²) in [5.41, 5.74) is 0.723. The Labute approximate surface area is 135 Å². The van der Waals surface area contributed by atoms with E-state index in [-0.39, 0.29) is 24.6 Å². The maximum atomic E-state index is 12.3. The van der Waals surface area contributed by atoms with Crippen LogP contribution in [0, 0.1) is 0 Å². The number of nitrogens with zero attached hydrogens (tertiary/aromatic N) is 1. The van der Waals surface area contributed by atoms with Gasteiger partial charge in [0.05, 0.1) is 18.4 Å². The van der Waals surface area contributed by atoms with Crippen LogP contribution in [-0.2, 0) is 24.5 Å². The third-order valence-electron chi connectivity index (χ3n) is 4.92. The van der Waals surface area contributed by atoms with Crippen molar-refractivity contribution in [1.29, 1.82) is 0 Å². The van der Waals surface area contributed by atoms with Gasteiger partial charge in [0.25, 0.3) is 0 Å². The number of benzene rings is 1. The minimum atomic E-state index is -0.926. The fourth-order valence-electron chi connectivity index (χ4n) is 3.64. The molecule has 1 spiro atoms. The minimum Gasteiger partial charge on any atom is -0.460 e. The summed E-state index contributed by atoms with van der Waals surface area (Å²) in [6.45, 7) is 6.04. The smallest absolute Gasteiger partial charge is 0.373 e. The monoisotopic (exact) mass is 315 g/mol. The Kier molecular flexibility index (Phi) is 3.47. The normalized spacial score (nSPS) is 25.0. The highest BCUT2D eigenvalue weighted by Gasteiger charge is 2.60. The van der Waals surface area contributed by atoms with E-state index >= 15 is 0 Å². The Bertz CT molecular complexity index is 707. The minimum absolute atomic E-state index is 0.0177. The van der Waals surface area contributed by atoms with Gasteiger partial charge in [0.2, 0.25) is 5.76 Å². The molecule has 0 radical (unpaired) electrons. The number of anilines is 1. The van der Waals surface area contributed by atoms with Crippen LogP contribution < -0.4 is 4.90 Å². The number of ether oxygens (including phenoxy) is 2. The van der Waals surface area contributed by atoms with Gasteiger partial charge >= 0.3 is 5.97 Å². The fraction of sp³-hybridized carbons (Fsp3) is 0.444. The van der Waals surface area contributed by atoms with Gasteiger partial charge in [-0.15, -0.1) is 0 Å². The first-order valence-electron chi connectivity index (χ1n) is 7.77. The van der Waals surface area contributed by atoms with Crippen LogP contribution >= 0.6 is 0 Å². The summed E-state index contributed by atoms with van der Waals surface area (Å²) in [5.74, 6) is -0.747. The SMILES string of the molecule is CCOC(=O)C1=CC(=O)C[C@]2(O1)N(C)c1ccccc1C2(C)C. The lowest BCUT2D eigenvalue weighted by molar-refractivity contribution is -0.153. The molecule has 1 atom stereocenters. The standard InChI is InChI=1S/C18H21NO4/c1-5-22-16(21)15-10-12(20)11-18(23-15)17(2,3)13-8-6-7-9-14(13)19(18)4/h6-10H,5,11H2,1-4H3/t18-/m1/s1. The molecule has 2 aliphatic heterocycles. The summed E-state index contributed by atoms with van der Waals surface area (Å²) >= 11 is 0. The van der Waals surface area contributed by atoms with E-state index < -0.39 is 17.1 Å². The summed E-state index contributed by atoms with van der Waals surface area (Å²) in [4.78, 5) is 26.4. The molecule has 2 aliphatic rings. The van der Waals surface area contributed by atoms with Crippen molar-refractivity contribution in [3.8, 4) is 0 Å². The predicted molar refractivity (Wildman–Crippen MR) is 86.0 cm³/mol. The summed E-state index contributed by atoms with van der Waals surface area (Å²) < 4.78 is 11.1. The maximum Gasteiger partial charge on any atom is 0.373 e. The summed E-state index contributed by atoms with van der Waals surface area (Å²) in [5, 5.41) is 0. The van der Waals surface area contributed by atoms with Crippen molar-refractivity contribution in [2.45, 2.75) is 38.3 Å². The number of likely N-dealkylation sites (N-methyl/N-ethyl adjacent to an activating group) is 1. The van der Waals surface area contributed by atoms with Crippen molar-refractivity contribution in [2.24, 2.45) is 0 Å². The molecule has 1 aromatic rings. The highest BCUT2D eigenvalue weighted by atomic mass is 16.6. The number of esters is 1. The molecule has 0 saturated heterocycles. The first-order valence-corrected chi connectivity index (χ1v) is 7.77. The number of hydrogen-bond donors (Lipinski definition) is 0. The fourth-order valence-corrected chi connectivity index (χ4v) is 3.64. The van der Waals surface area contributed by atoms with Crippen molar-refractivity contribution < 1.29 is 19.1 Å². The predicted octanol–water partition coefficient (Wildman–Crippen LogP) is 2.55. The third kappa shape index (κ3) is 2.06. The largest absolute Gasteiger partial charge is 0.460 e. The molecule has 0 aliphatic carbocycles. The number of ketones is 1. The lowest BCUT2D eigenvalue weighted by atomic mass is 9.74. The van der Waals surface area contributed by atoms with Crippen molar-refractivity contribution in [3.63, 3.8) is 0 Å². The van der Waals surface area contributed by atoms with E-state index in [1.54, 1.807) is 6.92 Å². The number of fused-ring (bicyclic) bond motifs is 1. The van der Waals surface area contributed by atoms with Gasteiger partial charge in [-0.05, 0) is 32.4 Å². The van der Waals surface area contributed by atoms with Gasteiger partial charge in [-0.1, -0.05) is 18.2 Å². The molecular formula is C18H21NO4. The Morgan fingerprint density at radius 3 is 2.70 bits per heavy atom. The number of carbonyl (C=O) groups excluding carboxylic acids is 2. The Hall–Kier alpha value is -2.30. The van der Waals surface area contributed by atoms with Crippen LogP contribution in [0.4, 0.5) is 5.69 Å². The number of para-hydroxylation sites is 1. The molecule has 1 aromatic carbocycles. The molecule has 0 bridgehead atoms. The molecule has 2 heterocycles. The number of hydrogen-bond acceptors (Lipinski definition) is 5. The average Bonchev–Trinajstić information content (AvgIpc) is 2.67. The molecular weight excluding hydrogens is 294 g/mol. The van der Waals surface area contributed by atoms with Crippen molar-refractivity contribution in [3.05, 3.63) is 41.7 Å². The van der Waals surface area contributed by atoms with Crippen LogP contribution in [0.2, 0.25) is 0 Å². The lowest BCUT2D eigenvalue weighted by Crippen LogP contribution is -2.59. The molecule has 23 heavy (non-hydrogen) atoms. The summed E-state index contributed by atoms with van der Waals surface area (Å²) in [6.07, 6.45) is 1.43. The molecule has 0 unspecified atom stereocenters. The van der Waals surface area contributed by atoms with Gasteiger partial charge in [-0.3, -0.25) is 4.79 Å². The highest BCUT2D eigenvalue weighted by molar-refractivity contribution is 6.00. The summed E-state index contributed by atoms with van der Waals surface area (Å²) in [7, 11) is 1.90. The first kappa shape index (κ1) is 15.6. The van der Waals surface area contributed by atoms with Crippen molar-refractivity contribution >= 4 is 17.4 Å². The molecule has 0 N–H and O–H groups in total. The first-order chi connectivity index (χ1) is 10.8. The quantitative estimate of drug-likeness (QED) is 0.785. The van der Waals surface area contributed by atoms with Crippen LogP contribution in [0.15, 0.2) is 36.1 Å². The molecule has 0 aromatic heterocycles. The zero-order valence-corrected chi connectivity index (χ0v) is 13.9. The topological polar surface area (TPSA) is 55.8 Å². The van der Waals surface area contributed by atoms with Gasteiger partial charge in [-0.2, -0.15) is 0 Å². The van der Waals surface area contributed by atoms with E-state index in [9.17, 15) is 9.59 Å². The van der Waals surface area contributed by atoms with E-state index in [1.165, 1.54) is 6.08 Å². The lowest BCUT2D eigenvalue weighted by Gasteiger charge is -2.47. The van der Waals surface area contributed by atoms with E-state index in [2.05, 4.69) is 0 Å². The van der Waals surface area contributed by atoms with E-state index in [0.717, 1.165) is 11.3 Å². The van der Waals surface area contributed by atoms with E-state index in [0.29, 0.717) is 0 Å².